The monoisotopic (exact) mass is 316 g/mol. The first-order chi connectivity index (χ1) is 11.6. The average Bonchev–Trinajstić information content (AvgIpc) is 2.58. The fraction of sp³-hybridized carbons (Fsp3) is 0.136. The molecule has 0 aromatic heterocycles. The Balaban J connectivity index is 2.04. The Morgan fingerprint density at radius 1 is 0.958 bits per heavy atom. The summed E-state index contributed by atoms with van der Waals surface area (Å²) in [4.78, 5) is 12.0. The Morgan fingerprint density at radius 2 is 1.71 bits per heavy atom. The molecule has 0 saturated carbocycles. The number of ketones is 1. The second-order valence-electron chi connectivity index (χ2n) is 5.93. The van der Waals surface area contributed by atoms with Crippen molar-refractivity contribution in [2.75, 3.05) is 7.11 Å². The molecule has 3 aromatic carbocycles. The normalized spacial score (nSPS) is 11.1. The maximum atomic E-state index is 12.0. The standard InChI is InChI=1S/C22H20O2/c1-15-12-20(22(16(2)23)21(13-15)24-3)11-9-17-8-10-18-6-4-5-7-19(18)14-17/h4-14H,1-3H3/b11-9+. The molecule has 0 spiro atoms. The Labute approximate surface area is 142 Å². The zero-order valence-corrected chi connectivity index (χ0v) is 14.2. The molecular formula is C22H20O2. The van der Waals surface area contributed by atoms with Crippen molar-refractivity contribution in [1.29, 1.82) is 0 Å². The van der Waals surface area contributed by atoms with Crippen LogP contribution in [0.25, 0.3) is 22.9 Å². The van der Waals surface area contributed by atoms with E-state index in [0.29, 0.717) is 11.3 Å². The molecule has 0 heterocycles. The Bertz CT molecular complexity index is 936. The molecule has 0 amide bonds. The third-order valence-corrected chi connectivity index (χ3v) is 4.08. The second kappa shape index (κ2) is 6.71. The fourth-order valence-corrected chi connectivity index (χ4v) is 2.95. The van der Waals surface area contributed by atoms with Crippen LogP contribution in [0.5, 0.6) is 5.75 Å². The van der Waals surface area contributed by atoms with Gasteiger partial charge >= 0.3 is 0 Å². The van der Waals surface area contributed by atoms with Crippen molar-refractivity contribution >= 4 is 28.7 Å². The third-order valence-electron chi connectivity index (χ3n) is 4.08. The lowest BCUT2D eigenvalue weighted by Gasteiger charge is -2.11. The van der Waals surface area contributed by atoms with Crippen molar-refractivity contribution in [1.82, 2.24) is 0 Å². The molecule has 0 radical (unpaired) electrons. The van der Waals surface area contributed by atoms with Crippen molar-refractivity contribution in [2.45, 2.75) is 13.8 Å². The van der Waals surface area contributed by atoms with Crippen molar-refractivity contribution in [3.05, 3.63) is 76.9 Å². The van der Waals surface area contributed by atoms with E-state index in [4.69, 9.17) is 4.74 Å². The zero-order chi connectivity index (χ0) is 17.1. The highest BCUT2D eigenvalue weighted by atomic mass is 16.5. The number of carbonyl (C=O) groups is 1. The van der Waals surface area contributed by atoms with E-state index in [-0.39, 0.29) is 5.78 Å². The molecule has 0 aliphatic carbocycles. The van der Waals surface area contributed by atoms with Gasteiger partial charge in [0.2, 0.25) is 0 Å². The van der Waals surface area contributed by atoms with Crippen molar-refractivity contribution in [3.8, 4) is 5.75 Å². The quantitative estimate of drug-likeness (QED) is 0.467. The van der Waals surface area contributed by atoms with Crippen LogP contribution in [0.15, 0.2) is 54.6 Å². The minimum Gasteiger partial charge on any atom is -0.496 e. The van der Waals surface area contributed by atoms with Gasteiger partial charge in [-0.3, -0.25) is 4.79 Å². The number of rotatable bonds is 4. The van der Waals surface area contributed by atoms with Gasteiger partial charge in [0.15, 0.2) is 5.78 Å². The van der Waals surface area contributed by atoms with Gasteiger partial charge in [-0.1, -0.05) is 54.6 Å². The summed E-state index contributed by atoms with van der Waals surface area (Å²) in [7, 11) is 1.60. The lowest BCUT2D eigenvalue weighted by atomic mass is 9.98. The number of benzene rings is 3. The van der Waals surface area contributed by atoms with Crippen molar-refractivity contribution in [3.63, 3.8) is 0 Å². The van der Waals surface area contributed by atoms with E-state index in [0.717, 1.165) is 16.7 Å². The van der Waals surface area contributed by atoms with Crippen LogP contribution >= 0.6 is 0 Å². The predicted molar refractivity (Wildman–Crippen MR) is 101 cm³/mol. The SMILES string of the molecule is COc1cc(C)cc(/C=C/c2ccc3ccccc3c2)c1C(C)=O. The lowest BCUT2D eigenvalue weighted by Crippen LogP contribution is -2.01. The van der Waals surface area contributed by atoms with E-state index in [9.17, 15) is 4.79 Å². The first-order valence-electron chi connectivity index (χ1n) is 7.95. The average molecular weight is 316 g/mol. The van der Waals surface area contributed by atoms with E-state index in [1.54, 1.807) is 14.0 Å². The number of Topliss-reactive ketones (excluding diaryl/α,β-unsaturated/α-hetero) is 1. The minimum atomic E-state index is 0.00464. The molecule has 2 heteroatoms. The largest absolute Gasteiger partial charge is 0.496 e. The number of ether oxygens (including phenoxy) is 1. The first-order valence-corrected chi connectivity index (χ1v) is 7.95. The van der Waals surface area contributed by atoms with Crippen LogP contribution in [0.4, 0.5) is 0 Å². The summed E-state index contributed by atoms with van der Waals surface area (Å²) in [6.07, 6.45) is 4.02. The summed E-state index contributed by atoms with van der Waals surface area (Å²) in [5.74, 6) is 0.630. The smallest absolute Gasteiger partial charge is 0.164 e. The molecular weight excluding hydrogens is 296 g/mol. The number of methoxy groups -OCH3 is 1. The van der Waals surface area contributed by atoms with E-state index in [2.05, 4.69) is 30.3 Å². The molecule has 0 aliphatic rings. The Hall–Kier alpha value is -2.87. The van der Waals surface area contributed by atoms with Crippen LogP contribution in [-0.2, 0) is 0 Å². The summed E-state index contributed by atoms with van der Waals surface area (Å²) in [5, 5.41) is 2.42. The molecule has 0 aliphatic heterocycles. The molecule has 0 N–H and O–H groups in total. The van der Waals surface area contributed by atoms with Crippen LogP contribution in [0.2, 0.25) is 0 Å². The molecule has 0 saturated heterocycles. The van der Waals surface area contributed by atoms with Gasteiger partial charge in [0.05, 0.1) is 12.7 Å². The molecule has 3 rings (SSSR count). The predicted octanol–water partition coefficient (Wildman–Crippen LogP) is 5.53. The molecule has 2 nitrogen and oxygen atoms in total. The van der Waals surface area contributed by atoms with Crippen LogP contribution in [0, 0.1) is 6.92 Å². The van der Waals surface area contributed by atoms with Gasteiger partial charge < -0.3 is 4.74 Å². The molecule has 3 aromatic rings. The van der Waals surface area contributed by atoms with Crippen LogP contribution < -0.4 is 4.74 Å². The van der Waals surface area contributed by atoms with Gasteiger partial charge in [0.25, 0.3) is 0 Å². The van der Waals surface area contributed by atoms with Gasteiger partial charge in [0.1, 0.15) is 5.75 Å². The molecule has 0 bridgehead atoms. The maximum Gasteiger partial charge on any atom is 0.164 e. The van der Waals surface area contributed by atoms with Gasteiger partial charge in [-0.2, -0.15) is 0 Å². The number of hydrogen-bond acceptors (Lipinski definition) is 2. The van der Waals surface area contributed by atoms with Gasteiger partial charge in [0, 0.05) is 0 Å². The molecule has 24 heavy (non-hydrogen) atoms. The maximum absolute atomic E-state index is 12.0. The molecule has 0 fully saturated rings. The number of fused-ring (bicyclic) bond motifs is 1. The fourth-order valence-electron chi connectivity index (χ4n) is 2.95. The number of hydrogen-bond donors (Lipinski definition) is 0. The van der Waals surface area contributed by atoms with E-state index < -0.39 is 0 Å². The van der Waals surface area contributed by atoms with Gasteiger partial charge in [-0.05, 0) is 53.4 Å². The topological polar surface area (TPSA) is 26.3 Å². The Kier molecular flexibility index (Phi) is 4.48. The van der Waals surface area contributed by atoms with Crippen LogP contribution in [0.1, 0.15) is 34.0 Å². The molecule has 0 unspecified atom stereocenters. The van der Waals surface area contributed by atoms with Crippen molar-refractivity contribution < 1.29 is 9.53 Å². The summed E-state index contributed by atoms with van der Waals surface area (Å²) in [6, 6.07) is 18.5. The van der Waals surface area contributed by atoms with E-state index >= 15 is 0 Å². The third kappa shape index (κ3) is 3.23. The zero-order valence-electron chi connectivity index (χ0n) is 14.2. The Morgan fingerprint density at radius 3 is 2.42 bits per heavy atom. The second-order valence-corrected chi connectivity index (χ2v) is 5.93. The number of carbonyl (C=O) groups excluding carboxylic acids is 1. The van der Waals surface area contributed by atoms with Crippen molar-refractivity contribution in [2.24, 2.45) is 0 Å². The lowest BCUT2D eigenvalue weighted by molar-refractivity contribution is 0.101. The highest BCUT2D eigenvalue weighted by Gasteiger charge is 2.13. The van der Waals surface area contributed by atoms with E-state index in [1.807, 2.05) is 43.3 Å². The van der Waals surface area contributed by atoms with E-state index in [1.165, 1.54) is 10.8 Å². The number of aryl methyl sites for hydroxylation is 1. The summed E-state index contributed by atoms with van der Waals surface area (Å²) >= 11 is 0. The summed E-state index contributed by atoms with van der Waals surface area (Å²) in [5.41, 5.74) is 3.67. The van der Waals surface area contributed by atoms with Crippen LogP contribution in [-0.4, -0.2) is 12.9 Å². The summed E-state index contributed by atoms with van der Waals surface area (Å²) < 4.78 is 5.38. The minimum absolute atomic E-state index is 0.00464. The van der Waals surface area contributed by atoms with Crippen LogP contribution in [0.3, 0.4) is 0 Å². The summed E-state index contributed by atoms with van der Waals surface area (Å²) in [6.45, 7) is 3.57. The molecule has 0 atom stereocenters. The first kappa shape index (κ1) is 16.0. The molecule has 120 valence electrons. The van der Waals surface area contributed by atoms with Gasteiger partial charge in [-0.25, -0.2) is 0 Å². The van der Waals surface area contributed by atoms with Gasteiger partial charge in [-0.15, -0.1) is 0 Å². The highest BCUT2D eigenvalue weighted by Crippen LogP contribution is 2.27. The highest BCUT2D eigenvalue weighted by molar-refractivity contribution is 6.01.